The van der Waals surface area contributed by atoms with Crippen molar-refractivity contribution >= 4 is 17.7 Å². The number of phenols is 1. The molecule has 1 saturated carbocycles. The monoisotopic (exact) mass is 335 g/mol. The number of carbonyl (C=O) groups excluding carboxylic acids is 1. The summed E-state index contributed by atoms with van der Waals surface area (Å²) in [6, 6.07) is 4.49. The minimum atomic E-state index is -1.10. The van der Waals surface area contributed by atoms with Crippen LogP contribution in [0.5, 0.6) is 5.75 Å². The highest BCUT2D eigenvalue weighted by Crippen LogP contribution is 2.44. The number of aliphatic carboxylic acids is 1. The summed E-state index contributed by atoms with van der Waals surface area (Å²) in [4.78, 5) is 23.8. The molecule has 132 valence electrons. The normalized spacial score (nSPS) is 17.1. The van der Waals surface area contributed by atoms with Gasteiger partial charge in [-0.25, -0.2) is 4.79 Å². The van der Waals surface area contributed by atoms with E-state index in [0.29, 0.717) is 24.1 Å². The van der Waals surface area contributed by atoms with Crippen molar-refractivity contribution in [3.05, 3.63) is 23.8 Å². The van der Waals surface area contributed by atoms with E-state index in [4.69, 9.17) is 4.74 Å². The Kier molecular flexibility index (Phi) is 5.06. The Hall–Kier alpha value is -2.24. The molecule has 3 N–H and O–H groups in total. The summed E-state index contributed by atoms with van der Waals surface area (Å²) in [7, 11) is 0. The maximum absolute atomic E-state index is 11.9. The molecule has 0 unspecified atom stereocenters. The van der Waals surface area contributed by atoms with Crippen LogP contribution in [0.3, 0.4) is 0 Å². The molecule has 0 aliphatic heterocycles. The summed E-state index contributed by atoms with van der Waals surface area (Å²) in [6.07, 6.45) is 2.93. The molecule has 1 aromatic rings. The van der Waals surface area contributed by atoms with Crippen molar-refractivity contribution in [2.24, 2.45) is 0 Å². The van der Waals surface area contributed by atoms with Crippen LogP contribution in [-0.2, 0) is 14.9 Å². The van der Waals surface area contributed by atoms with E-state index >= 15 is 0 Å². The fraction of sp³-hybridized carbons (Fsp3) is 0.556. The number of hydrogen-bond donors (Lipinski definition) is 3. The lowest BCUT2D eigenvalue weighted by molar-refractivity contribution is -0.145. The second kappa shape index (κ2) is 6.71. The van der Waals surface area contributed by atoms with E-state index in [-0.39, 0.29) is 5.75 Å². The molecule has 1 aliphatic carbocycles. The Balaban J connectivity index is 2.31. The maximum Gasteiger partial charge on any atom is 0.412 e. The van der Waals surface area contributed by atoms with Gasteiger partial charge in [0, 0.05) is 11.3 Å². The van der Waals surface area contributed by atoms with Gasteiger partial charge in [0.25, 0.3) is 0 Å². The molecule has 0 saturated heterocycles. The van der Waals surface area contributed by atoms with Crippen molar-refractivity contribution in [1.82, 2.24) is 0 Å². The Morgan fingerprint density at radius 2 is 1.79 bits per heavy atom. The highest BCUT2D eigenvalue weighted by Gasteiger charge is 2.43. The number of anilines is 1. The van der Waals surface area contributed by atoms with E-state index in [1.54, 1.807) is 26.8 Å². The number of phenolic OH excluding ortho intramolecular Hbond substituents is 1. The smallest absolute Gasteiger partial charge is 0.412 e. The lowest BCUT2D eigenvalue weighted by atomic mass is 9.69. The predicted octanol–water partition coefficient (Wildman–Crippen LogP) is 4.03. The van der Waals surface area contributed by atoms with Crippen LogP contribution in [0.15, 0.2) is 18.2 Å². The molecule has 0 bridgehead atoms. The molecule has 6 nitrogen and oxygen atoms in total. The molecule has 1 aromatic carbocycles. The number of aromatic hydroxyl groups is 1. The van der Waals surface area contributed by atoms with E-state index < -0.39 is 23.1 Å². The summed E-state index contributed by atoms with van der Waals surface area (Å²) in [5.41, 5.74) is -0.977. The van der Waals surface area contributed by atoms with Crippen molar-refractivity contribution in [1.29, 1.82) is 0 Å². The average Bonchev–Trinajstić information content (AvgIpc) is 2.48. The van der Waals surface area contributed by atoms with Gasteiger partial charge >= 0.3 is 12.1 Å². The molecule has 2 rings (SSSR count). The number of nitrogens with one attached hydrogen (secondary N) is 1. The van der Waals surface area contributed by atoms with E-state index in [0.717, 1.165) is 19.3 Å². The van der Waals surface area contributed by atoms with Crippen LogP contribution in [0, 0.1) is 0 Å². The van der Waals surface area contributed by atoms with Crippen LogP contribution in [0.25, 0.3) is 0 Å². The van der Waals surface area contributed by atoms with Gasteiger partial charge in [0.05, 0.1) is 5.41 Å². The lowest BCUT2D eigenvalue weighted by Gasteiger charge is -2.34. The number of hydrogen-bond acceptors (Lipinski definition) is 4. The van der Waals surface area contributed by atoms with Gasteiger partial charge in [0.15, 0.2) is 0 Å². The Bertz CT molecular complexity index is 627. The fourth-order valence-corrected chi connectivity index (χ4v) is 3.17. The van der Waals surface area contributed by atoms with E-state index in [2.05, 4.69) is 5.32 Å². The molecule has 6 heteroatoms. The van der Waals surface area contributed by atoms with Crippen molar-refractivity contribution in [3.63, 3.8) is 0 Å². The highest BCUT2D eigenvalue weighted by molar-refractivity contribution is 5.87. The second-order valence-corrected chi connectivity index (χ2v) is 7.31. The van der Waals surface area contributed by atoms with Crippen LogP contribution in [-0.4, -0.2) is 27.9 Å². The number of benzene rings is 1. The van der Waals surface area contributed by atoms with Gasteiger partial charge in [-0.15, -0.1) is 0 Å². The third-order valence-corrected chi connectivity index (χ3v) is 4.27. The number of carboxylic acid groups (broad SMARTS) is 1. The maximum atomic E-state index is 11.9. The zero-order chi connectivity index (χ0) is 18.0. The lowest BCUT2D eigenvalue weighted by Crippen LogP contribution is -2.38. The molecule has 24 heavy (non-hydrogen) atoms. The van der Waals surface area contributed by atoms with E-state index in [1.165, 1.54) is 12.1 Å². The summed E-state index contributed by atoms with van der Waals surface area (Å²) < 4.78 is 5.20. The first-order valence-corrected chi connectivity index (χ1v) is 8.21. The summed E-state index contributed by atoms with van der Waals surface area (Å²) in [5.74, 6) is -0.999. The molecule has 1 amide bonds. The van der Waals surface area contributed by atoms with Crippen LogP contribution in [0.4, 0.5) is 10.5 Å². The minimum absolute atomic E-state index is 0.0611. The van der Waals surface area contributed by atoms with Gasteiger partial charge in [-0.2, -0.15) is 0 Å². The Morgan fingerprint density at radius 1 is 1.17 bits per heavy atom. The van der Waals surface area contributed by atoms with Gasteiger partial charge in [0.2, 0.25) is 0 Å². The standard InChI is InChI=1S/C18H25NO5/c1-17(2,3)24-16(23)19-12-7-8-14(20)13(11-12)18(15(21)22)9-5-4-6-10-18/h7-8,11,20H,4-6,9-10H2,1-3H3,(H,19,23)(H,21,22). The third-order valence-electron chi connectivity index (χ3n) is 4.27. The van der Waals surface area contributed by atoms with Crippen molar-refractivity contribution in [3.8, 4) is 5.75 Å². The van der Waals surface area contributed by atoms with Crippen molar-refractivity contribution in [2.75, 3.05) is 5.32 Å². The van der Waals surface area contributed by atoms with Crippen LogP contribution >= 0.6 is 0 Å². The molecule has 0 radical (unpaired) electrons. The minimum Gasteiger partial charge on any atom is -0.508 e. The van der Waals surface area contributed by atoms with Gasteiger partial charge in [-0.1, -0.05) is 19.3 Å². The molecule has 0 aromatic heterocycles. The largest absolute Gasteiger partial charge is 0.508 e. The topological polar surface area (TPSA) is 95.9 Å². The van der Waals surface area contributed by atoms with Gasteiger partial charge in [0.1, 0.15) is 11.4 Å². The Morgan fingerprint density at radius 3 is 2.33 bits per heavy atom. The van der Waals surface area contributed by atoms with Gasteiger partial charge in [-0.05, 0) is 51.8 Å². The Labute approximate surface area is 141 Å². The molecular weight excluding hydrogens is 310 g/mol. The number of carbonyl (C=O) groups is 2. The molecular formula is C18H25NO5. The van der Waals surface area contributed by atoms with Crippen LogP contribution < -0.4 is 5.32 Å². The second-order valence-electron chi connectivity index (χ2n) is 7.31. The number of ether oxygens (including phenoxy) is 1. The predicted molar refractivity (Wildman–Crippen MR) is 90.4 cm³/mol. The highest BCUT2D eigenvalue weighted by atomic mass is 16.6. The quantitative estimate of drug-likeness (QED) is 0.725. The van der Waals surface area contributed by atoms with E-state index in [1.807, 2.05) is 0 Å². The number of carboxylic acids is 1. The van der Waals surface area contributed by atoms with Gasteiger partial charge < -0.3 is 14.9 Å². The van der Waals surface area contributed by atoms with Gasteiger partial charge in [-0.3, -0.25) is 10.1 Å². The molecule has 1 fully saturated rings. The summed E-state index contributed by atoms with van der Waals surface area (Å²) in [6.45, 7) is 5.28. The molecule has 0 heterocycles. The third kappa shape index (κ3) is 3.99. The first kappa shape index (κ1) is 18.1. The molecule has 0 atom stereocenters. The summed E-state index contributed by atoms with van der Waals surface area (Å²) >= 11 is 0. The van der Waals surface area contributed by atoms with Crippen LogP contribution in [0.2, 0.25) is 0 Å². The van der Waals surface area contributed by atoms with E-state index in [9.17, 15) is 19.8 Å². The zero-order valence-electron chi connectivity index (χ0n) is 14.4. The first-order chi connectivity index (χ1) is 11.1. The van der Waals surface area contributed by atoms with Crippen molar-refractivity contribution in [2.45, 2.75) is 63.9 Å². The van der Waals surface area contributed by atoms with Crippen LogP contribution in [0.1, 0.15) is 58.4 Å². The summed E-state index contributed by atoms with van der Waals surface area (Å²) in [5, 5.41) is 22.6. The number of amides is 1. The first-order valence-electron chi connectivity index (χ1n) is 8.21. The average molecular weight is 335 g/mol. The molecule has 0 spiro atoms. The van der Waals surface area contributed by atoms with Crippen molar-refractivity contribution < 1.29 is 24.5 Å². The fourth-order valence-electron chi connectivity index (χ4n) is 3.17. The zero-order valence-corrected chi connectivity index (χ0v) is 14.4. The SMILES string of the molecule is CC(C)(C)OC(=O)Nc1ccc(O)c(C2(C(=O)O)CCCCC2)c1. The number of rotatable bonds is 3. The molecule has 1 aliphatic rings.